The molecule has 0 saturated carbocycles. The van der Waals surface area contributed by atoms with Gasteiger partial charge < -0.3 is 18.9 Å². The molecule has 2 aromatic carbocycles. The van der Waals surface area contributed by atoms with Crippen LogP contribution in [-0.4, -0.2) is 59.1 Å². The van der Waals surface area contributed by atoms with Crippen LogP contribution in [0.4, 0.5) is 0 Å². The summed E-state index contributed by atoms with van der Waals surface area (Å²) in [6.07, 6.45) is 2.81. The molecule has 0 aliphatic rings. The van der Waals surface area contributed by atoms with E-state index in [2.05, 4.69) is 19.9 Å². The molecular formula is C22H20Cl4N4O4. The second-order valence-electron chi connectivity index (χ2n) is 6.44. The molecule has 0 radical (unpaired) electrons. The van der Waals surface area contributed by atoms with E-state index in [9.17, 15) is 0 Å². The summed E-state index contributed by atoms with van der Waals surface area (Å²) in [6, 6.07) is 7.02. The molecule has 12 heteroatoms. The summed E-state index contributed by atoms with van der Waals surface area (Å²) in [6.45, 7) is 0.810. The molecule has 0 bridgehead atoms. The molecular weight excluding hydrogens is 526 g/mol. The van der Waals surface area contributed by atoms with Crippen molar-refractivity contribution in [2.75, 3.05) is 39.2 Å². The van der Waals surface area contributed by atoms with Gasteiger partial charge in [0.25, 0.3) is 0 Å². The fraction of sp³-hybridized carbons (Fsp3) is 0.273. The Hall–Kier alpha value is -2.52. The third-order valence-electron chi connectivity index (χ3n) is 4.41. The molecule has 0 N–H and O–H groups in total. The lowest BCUT2D eigenvalue weighted by molar-refractivity contribution is 0.313. The van der Waals surface area contributed by atoms with E-state index in [4.69, 9.17) is 65.4 Å². The summed E-state index contributed by atoms with van der Waals surface area (Å²) in [5.41, 5.74) is 1.41. The summed E-state index contributed by atoms with van der Waals surface area (Å²) in [5.74, 6) is 3.17. The Morgan fingerprint density at radius 3 is 1.38 bits per heavy atom. The maximum absolute atomic E-state index is 5.97. The highest BCUT2D eigenvalue weighted by Crippen LogP contribution is 2.34. The number of alkyl halides is 2. The smallest absolute Gasteiger partial charge is 0.163 e. The van der Waals surface area contributed by atoms with Gasteiger partial charge in [-0.25, -0.2) is 19.9 Å². The zero-order valence-electron chi connectivity index (χ0n) is 18.2. The monoisotopic (exact) mass is 544 g/mol. The van der Waals surface area contributed by atoms with Crippen molar-refractivity contribution in [1.29, 1.82) is 0 Å². The van der Waals surface area contributed by atoms with Gasteiger partial charge in [0.15, 0.2) is 23.0 Å². The fourth-order valence-electron chi connectivity index (χ4n) is 2.91. The molecule has 4 aromatic rings. The van der Waals surface area contributed by atoms with E-state index in [0.29, 0.717) is 69.3 Å². The zero-order chi connectivity index (χ0) is 24.5. The molecule has 180 valence electrons. The van der Waals surface area contributed by atoms with Gasteiger partial charge in [0.05, 0.1) is 37.0 Å². The molecule has 2 aromatic heterocycles. The molecule has 8 nitrogen and oxygen atoms in total. The van der Waals surface area contributed by atoms with Gasteiger partial charge in [0, 0.05) is 22.9 Å². The summed E-state index contributed by atoms with van der Waals surface area (Å²) >= 11 is 23.1. The van der Waals surface area contributed by atoms with Crippen molar-refractivity contribution < 1.29 is 18.9 Å². The Labute approximate surface area is 216 Å². The molecule has 2 heterocycles. The number of aromatic nitrogens is 4. The summed E-state index contributed by atoms with van der Waals surface area (Å²) in [7, 11) is 3.12. The van der Waals surface area contributed by atoms with Gasteiger partial charge in [-0.3, -0.25) is 0 Å². The van der Waals surface area contributed by atoms with Gasteiger partial charge >= 0.3 is 0 Å². The number of halogens is 4. The number of hydrogen-bond acceptors (Lipinski definition) is 8. The van der Waals surface area contributed by atoms with E-state index in [1.54, 1.807) is 38.5 Å². The summed E-state index contributed by atoms with van der Waals surface area (Å²) in [5, 5.41) is 2.22. The first-order valence-electron chi connectivity index (χ1n) is 9.86. The Bertz CT molecular complexity index is 1170. The maximum Gasteiger partial charge on any atom is 0.163 e. The average molecular weight is 546 g/mol. The molecule has 0 spiro atoms. The van der Waals surface area contributed by atoms with E-state index >= 15 is 0 Å². The molecule has 0 amide bonds. The number of hydrogen-bond donors (Lipinski definition) is 0. The van der Waals surface area contributed by atoms with Gasteiger partial charge in [-0.1, -0.05) is 23.2 Å². The van der Waals surface area contributed by atoms with Gasteiger partial charge in [-0.15, -0.1) is 23.2 Å². The molecule has 34 heavy (non-hydrogen) atoms. The second-order valence-corrected chi connectivity index (χ2v) is 7.92. The minimum Gasteiger partial charge on any atom is -0.493 e. The van der Waals surface area contributed by atoms with Crippen molar-refractivity contribution in [3.8, 4) is 23.0 Å². The van der Waals surface area contributed by atoms with E-state index in [-0.39, 0.29) is 0 Å². The van der Waals surface area contributed by atoms with Crippen LogP contribution in [0.3, 0.4) is 0 Å². The highest BCUT2D eigenvalue weighted by atomic mass is 35.5. The van der Waals surface area contributed by atoms with Crippen molar-refractivity contribution in [3.63, 3.8) is 0 Å². The summed E-state index contributed by atoms with van der Waals surface area (Å²) < 4.78 is 21.4. The number of fused-ring (bicyclic) bond motifs is 2. The largest absolute Gasteiger partial charge is 0.493 e. The number of nitrogens with zero attached hydrogens (tertiary/aromatic N) is 4. The lowest BCUT2D eigenvalue weighted by Gasteiger charge is -2.10. The topological polar surface area (TPSA) is 88.5 Å². The molecule has 0 unspecified atom stereocenters. The Morgan fingerprint density at radius 1 is 0.618 bits per heavy atom. The third kappa shape index (κ3) is 6.33. The van der Waals surface area contributed by atoms with Crippen LogP contribution in [0.15, 0.2) is 36.9 Å². The van der Waals surface area contributed by atoms with Crippen molar-refractivity contribution in [2.24, 2.45) is 0 Å². The van der Waals surface area contributed by atoms with Crippen molar-refractivity contribution >= 4 is 68.2 Å². The van der Waals surface area contributed by atoms with Crippen LogP contribution in [0.2, 0.25) is 10.3 Å². The average Bonchev–Trinajstić information content (AvgIpc) is 2.86. The van der Waals surface area contributed by atoms with Crippen LogP contribution in [0.25, 0.3) is 21.8 Å². The number of benzene rings is 2. The first-order valence-corrected chi connectivity index (χ1v) is 11.7. The van der Waals surface area contributed by atoms with E-state index in [0.717, 1.165) is 10.8 Å². The normalized spacial score (nSPS) is 10.5. The lowest BCUT2D eigenvalue weighted by Crippen LogP contribution is -2.00. The lowest BCUT2D eigenvalue weighted by atomic mass is 10.2. The third-order valence-corrected chi connectivity index (χ3v) is 5.32. The van der Waals surface area contributed by atoms with E-state index in [1.165, 1.54) is 12.7 Å². The van der Waals surface area contributed by atoms with Crippen LogP contribution in [0, 0.1) is 0 Å². The summed E-state index contributed by atoms with van der Waals surface area (Å²) in [4.78, 5) is 16.1. The Kier molecular flexibility index (Phi) is 9.83. The van der Waals surface area contributed by atoms with Crippen molar-refractivity contribution in [2.45, 2.75) is 0 Å². The predicted octanol–water partition coefficient (Wildman–Crippen LogP) is 5.82. The standard InChI is InChI=1S/2C11H10Cl2N2O2/c2*1-16-9-4-7-8(14-6-15-11(7)13)5-10(9)17-3-2-12/h2*4-6H,2-3H2,1H3. The maximum atomic E-state index is 5.97. The Morgan fingerprint density at radius 2 is 1.03 bits per heavy atom. The number of rotatable bonds is 8. The van der Waals surface area contributed by atoms with Crippen LogP contribution in [0.5, 0.6) is 23.0 Å². The SMILES string of the molecule is COc1cc2c(Cl)ncnc2cc1OCCCl.COc1cc2c(Cl)ncnc2cc1OCCCl. The van der Waals surface area contributed by atoms with Crippen molar-refractivity contribution in [1.82, 2.24) is 19.9 Å². The second kappa shape index (κ2) is 12.8. The number of ether oxygens (including phenoxy) is 4. The van der Waals surface area contributed by atoms with Gasteiger partial charge in [0.1, 0.15) is 36.2 Å². The molecule has 0 aliphatic carbocycles. The fourth-order valence-corrected chi connectivity index (χ4v) is 3.45. The number of methoxy groups -OCH3 is 2. The minimum atomic E-state index is 0.386. The minimum absolute atomic E-state index is 0.386. The highest BCUT2D eigenvalue weighted by Gasteiger charge is 2.11. The van der Waals surface area contributed by atoms with Crippen LogP contribution in [-0.2, 0) is 0 Å². The van der Waals surface area contributed by atoms with Crippen LogP contribution in [0.1, 0.15) is 0 Å². The first kappa shape index (κ1) is 26.1. The van der Waals surface area contributed by atoms with Crippen LogP contribution < -0.4 is 18.9 Å². The van der Waals surface area contributed by atoms with Gasteiger partial charge in [-0.05, 0) is 12.1 Å². The Balaban J connectivity index is 0.000000191. The molecule has 0 atom stereocenters. The quantitative estimate of drug-likeness (QED) is 0.202. The molecule has 0 aliphatic heterocycles. The molecule has 0 fully saturated rings. The first-order chi connectivity index (χ1) is 16.5. The van der Waals surface area contributed by atoms with E-state index < -0.39 is 0 Å². The van der Waals surface area contributed by atoms with E-state index in [1.807, 2.05) is 0 Å². The van der Waals surface area contributed by atoms with Gasteiger partial charge in [0.2, 0.25) is 0 Å². The predicted molar refractivity (Wildman–Crippen MR) is 135 cm³/mol. The van der Waals surface area contributed by atoms with Crippen LogP contribution >= 0.6 is 46.4 Å². The zero-order valence-corrected chi connectivity index (χ0v) is 21.2. The molecule has 0 saturated heterocycles. The van der Waals surface area contributed by atoms with Gasteiger partial charge in [-0.2, -0.15) is 0 Å². The van der Waals surface area contributed by atoms with Crippen molar-refractivity contribution in [3.05, 3.63) is 47.2 Å². The highest BCUT2D eigenvalue weighted by molar-refractivity contribution is 6.34. The molecule has 4 rings (SSSR count).